The van der Waals surface area contributed by atoms with Gasteiger partial charge in [0.05, 0.1) is 0 Å². The van der Waals surface area contributed by atoms with Crippen LogP contribution in [-0.4, -0.2) is 46.4 Å². The number of fused-ring (bicyclic) bond motifs is 1. The Kier molecular flexibility index (Phi) is 5.31. The highest BCUT2D eigenvalue weighted by molar-refractivity contribution is 6.21. The molecule has 0 saturated heterocycles. The van der Waals surface area contributed by atoms with Crippen molar-refractivity contribution in [3.8, 4) is 5.75 Å². The molecule has 0 spiro atoms. The molecule has 0 aliphatic carbocycles. The van der Waals surface area contributed by atoms with Crippen LogP contribution in [-0.2, 0) is 6.54 Å². The Bertz CT molecular complexity index is 1220. The molecule has 8 heteroatoms. The van der Waals surface area contributed by atoms with E-state index in [-0.39, 0.29) is 17.2 Å². The van der Waals surface area contributed by atoms with Crippen LogP contribution in [0.3, 0.4) is 0 Å². The quantitative estimate of drug-likeness (QED) is 0.542. The monoisotopic (exact) mass is 418 g/mol. The third kappa shape index (κ3) is 4.06. The molecule has 2 aromatic heterocycles. The van der Waals surface area contributed by atoms with E-state index in [1.54, 1.807) is 24.6 Å². The van der Waals surface area contributed by atoms with E-state index in [0.29, 0.717) is 17.1 Å². The molecule has 158 valence electrons. The van der Waals surface area contributed by atoms with Gasteiger partial charge in [-0.1, -0.05) is 12.1 Å². The molecule has 1 aliphatic heterocycles. The van der Waals surface area contributed by atoms with E-state index < -0.39 is 11.7 Å². The van der Waals surface area contributed by atoms with Crippen LogP contribution in [0.25, 0.3) is 11.6 Å². The summed E-state index contributed by atoms with van der Waals surface area (Å²) in [5.74, 6) is -1.20. The second-order valence-electron chi connectivity index (χ2n) is 7.57. The lowest BCUT2D eigenvalue weighted by Crippen LogP contribution is -2.10. The normalized spacial score (nSPS) is 13.7. The number of carboxylic acid groups (broad SMARTS) is 1. The number of carboxylic acids is 1. The Hall–Kier alpha value is -3.91. The molecule has 31 heavy (non-hydrogen) atoms. The van der Waals surface area contributed by atoms with Crippen molar-refractivity contribution in [2.75, 3.05) is 19.4 Å². The number of allylic oxidation sites excluding steroid dienone is 1. The van der Waals surface area contributed by atoms with Crippen molar-refractivity contribution >= 4 is 41.2 Å². The average molecular weight is 418 g/mol. The zero-order valence-corrected chi connectivity index (χ0v) is 17.4. The maximum Gasteiger partial charge on any atom is 0.345 e. The van der Waals surface area contributed by atoms with Crippen LogP contribution < -0.4 is 5.32 Å². The summed E-state index contributed by atoms with van der Waals surface area (Å²) in [5, 5.41) is 23.2. The van der Waals surface area contributed by atoms with Crippen molar-refractivity contribution in [2.45, 2.75) is 13.5 Å². The predicted octanol–water partition coefficient (Wildman–Crippen LogP) is 4.45. The molecule has 3 aromatic rings. The first-order valence-corrected chi connectivity index (χ1v) is 9.65. The van der Waals surface area contributed by atoms with Crippen LogP contribution in [0.15, 0.2) is 45.9 Å². The fourth-order valence-electron chi connectivity index (χ4n) is 3.46. The lowest BCUT2D eigenvalue weighted by molar-refractivity contribution is 0.0695. The van der Waals surface area contributed by atoms with E-state index in [1.807, 2.05) is 45.3 Å². The van der Waals surface area contributed by atoms with Gasteiger partial charge in [-0.2, -0.15) is 0 Å². The van der Waals surface area contributed by atoms with Crippen molar-refractivity contribution in [3.63, 3.8) is 0 Å². The second-order valence-corrected chi connectivity index (χ2v) is 7.57. The Labute approximate surface area is 179 Å². The third-order valence-corrected chi connectivity index (χ3v) is 4.87. The van der Waals surface area contributed by atoms with Crippen LogP contribution in [0, 0.1) is 6.92 Å². The third-order valence-electron chi connectivity index (χ3n) is 4.87. The number of nitrogens with one attached hydrogen (secondary N) is 1. The summed E-state index contributed by atoms with van der Waals surface area (Å²) in [6.07, 6.45) is 4.79. The molecule has 0 bridgehead atoms. The lowest BCUT2D eigenvalue weighted by Gasteiger charge is -2.13. The number of carbonyl (C=O) groups is 1. The SMILES string of the molecule is Cc1cc(CN(C)C)ccc1Nc1oc(C=C2C=Nc3ncccc32)c(O)c1C(=O)O. The fourth-order valence-corrected chi connectivity index (χ4v) is 3.46. The number of aryl methyl sites for hydroxylation is 1. The molecular formula is C23H22N4O4. The fraction of sp³-hybridized carbons (Fsp3) is 0.174. The summed E-state index contributed by atoms with van der Waals surface area (Å²) in [4.78, 5) is 22.3. The minimum atomic E-state index is -1.29. The van der Waals surface area contributed by atoms with E-state index in [4.69, 9.17) is 4.42 Å². The number of aromatic hydroxyl groups is 1. The Morgan fingerprint density at radius 3 is 2.81 bits per heavy atom. The highest BCUT2D eigenvalue weighted by atomic mass is 16.4. The first-order valence-electron chi connectivity index (χ1n) is 9.65. The highest BCUT2D eigenvalue weighted by Gasteiger charge is 2.26. The van der Waals surface area contributed by atoms with Crippen molar-refractivity contribution < 1.29 is 19.4 Å². The molecule has 0 atom stereocenters. The standard InChI is InChI=1S/C23H22N4O4/c1-13-9-14(12-27(2)3)6-7-17(13)26-22-19(23(29)30)20(28)18(31-22)10-15-11-25-21-16(15)5-4-8-24-21/h4-11,26,28H,12H2,1-3H3,(H,29,30). The molecule has 3 N–H and O–H groups in total. The number of hydrogen-bond donors (Lipinski definition) is 3. The molecule has 3 heterocycles. The van der Waals surface area contributed by atoms with Gasteiger partial charge in [0.25, 0.3) is 0 Å². The smallest absolute Gasteiger partial charge is 0.345 e. The lowest BCUT2D eigenvalue weighted by atomic mass is 10.1. The van der Waals surface area contributed by atoms with Gasteiger partial charge in [0.15, 0.2) is 22.9 Å². The predicted molar refractivity (Wildman–Crippen MR) is 119 cm³/mol. The molecule has 0 unspecified atom stereocenters. The maximum atomic E-state index is 11.8. The number of nitrogens with zero attached hydrogens (tertiary/aromatic N) is 3. The number of benzene rings is 1. The zero-order valence-electron chi connectivity index (χ0n) is 17.4. The Morgan fingerprint density at radius 2 is 2.10 bits per heavy atom. The molecule has 4 rings (SSSR count). The molecule has 0 radical (unpaired) electrons. The minimum Gasteiger partial charge on any atom is -0.504 e. The zero-order chi connectivity index (χ0) is 22.1. The maximum absolute atomic E-state index is 11.8. The van der Waals surface area contributed by atoms with Gasteiger partial charge in [-0.25, -0.2) is 14.8 Å². The number of aliphatic imine (C=N–C) groups is 1. The minimum absolute atomic E-state index is 0.0277. The average Bonchev–Trinajstić information content (AvgIpc) is 3.25. The van der Waals surface area contributed by atoms with Crippen LogP contribution in [0.4, 0.5) is 17.4 Å². The van der Waals surface area contributed by atoms with Gasteiger partial charge in [-0.05, 0) is 56.4 Å². The molecule has 1 aliphatic rings. The van der Waals surface area contributed by atoms with Gasteiger partial charge in [-0.15, -0.1) is 0 Å². The summed E-state index contributed by atoms with van der Waals surface area (Å²) in [6, 6.07) is 9.47. The number of pyridine rings is 1. The summed E-state index contributed by atoms with van der Waals surface area (Å²) < 4.78 is 5.73. The molecule has 0 fully saturated rings. The van der Waals surface area contributed by atoms with Crippen LogP contribution in [0.2, 0.25) is 0 Å². The second kappa shape index (κ2) is 8.08. The first-order chi connectivity index (χ1) is 14.8. The van der Waals surface area contributed by atoms with E-state index in [2.05, 4.69) is 20.2 Å². The summed E-state index contributed by atoms with van der Waals surface area (Å²) in [7, 11) is 3.98. The van der Waals surface area contributed by atoms with E-state index in [1.165, 1.54) is 0 Å². The number of hydrogen-bond acceptors (Lipinski definition) is 7. The van der Waals surface area contributed by atoms with Gasteiger partial charge < -0.3 is 24.8 Å². The highest BCUT2D eigenvalue weighted by Crippen LogP contribution is 2.39. The topological polar surface area (TPSA) is 111 Å². The van der Waals surface area contributed by atoms with Gasteiger partial charge in [0, 0.05) is 35.8 Å². The molecular weight excluding hydrogens is 396 g/mol. The van der Waals surface area contributed by atoms with Crippen molar-refractivity contribution in [1.29, 1.82) is 0 Å². The van der Waals surface area contributed by atoms with E-state index in [0.717, 1.165) is 23.2 Å². The Balaban J connectivity index is 1.69. The van der Waals surface area contributed by atoms with Crippen LogP contribution in [0.5, 0.6) is 5.75 Å². The van der Waals surface area contributed by atoms with E-state index in [9.17, 15) is 15.0 Å². The first kappa shape index (κ1) is 20.4. The van der Waals surface area contributed by atoms with Gasteiger partial charge in [-0.3, -0.25) is 0 Å². The van der Waals surface area contributed by atoms with Crippen molar-refractivity contribution in [2.24, 2.45) is 4.99 Å². The number of rotatable bonds is 6. The summed E-state index contributed by atoms with van der Waals surface area (Å²) >= 11 is 0. The van der Waals surface area contributed by atoms with Gasteiger partial charge in [0.2, 0.25) is 5.88 Å². The summed E-state index contributed by atoms with van der Waals surface area (Å²) in [6.45, 7) is 2.71. The molecule has 0 amide bonds. The van der Waals surface area contributed by atoms with Gasteiger partial charge in [0.1, 0.15) is 0 Å². The van der Waals surface area contributed by atoms with Crippen molar-refractivity contribution in [1.82, 2.24) is 9.88 Å². The molecule has 0 saturated carbocycles. The van der Waals surface area contributed by atoms with Gasteiger partial charge >= 0.3 is 5.97 Å². The van der Waals surface area contributed by atoms with Crippen molar-refractivity contribution in [3.05, 3.63) is 64.5 Å². The van der Waals surface area contributed by atoms with Crippen LogP contribution in [0.1, 0.15) is 32.8 Å². The van der Waals surface area contributed by atoms with E-state index >= 15 is 0 Å². The number of anilines is 2. The number of aromatic nitrogens is 1. The summed E-state index contributed by atoms with van der Waals surface area (Å²) in [5.41, 5.74) is 3.86. The molecule has 8 nitrogen and oxygen atoms in total. The van der Waals surface area contributed by atoms with Crippen LogP contribution >= 0.6 is 0 Å². The number of aromatic carboxylic acids is 1. The number of furan rings is 1. The largest absolute Gasteiger partial charge is 0.504 e. The molecule has 1 aromatic carbocycles. The Morgan fingerprint density at radius 1 is 1.29 bits per heavy atom.